The smallest absolute Gasteiger partial charge is 0.208 e. The number of aromatic nitrogens is 1. The zero-order chi connectivity index (χ0) is 12.2. The molecule has 18 heavy (non-hydrogen) atoms. The van der Waals surface area contributed by atoms with Gasteiger partial charge in [0.1, 0.15) is 5.76 Å². The van der Waals surface area contributed by atoms with Gasteiger partial charge in [-0.1, -0.05) is 38.5 Å². The van der Waals surface area contributed by atoms with Crippen LogP contribution in [0.25, 0.3) is 0 Å². The Morgan fingerprint density at radius 3 is 2.61 bits per heavy atom. The zero-order valence-electron chi connectivity index (χ0n) is 11.2. The van der Waals surface area contributed by atoms with Crippen molar-refractivity contribution >= 4 is 0 Å². The standard InChI is InChI=1S/C15H24N2O/c1-2-4-6-12(5-3-1)9-14-10-17-15(18-14)11-16-13-7-8-13/h10,12-13,16H,1-9,11H2. The summed E-state index contributed by atoms with van der Waals surface area (Å²) in [5.41, 5.74) is 0. The van der Waals surface area contributed by atoms with E-state index in [2.05, 4.69) is 10.3 Å². The third-order valence-electron chi connectivity index (χ3n) is 4.19. The molecule has 0 saturated heterocycles. The minimum Gasteiger partial charge on any atom is -0.444 e. The lowest BCUT2D eigenvalue weighted by atomic mass is 9.96. The fourth-order valence-corrected chi connectivity index (χ4v) is 2.90. The average Bonchev–Trinajstić information content (AvgIpc) is 3.14. The highest BCUT2D eigenvalue weighted by Gasteiger charge is 2.21. The van der Waals surface area contributed by atoms with Crippen LogP contribution in [-0.2, 0) is 13.0 Å². The molecule has 2 aliphatic carbocycles. The maximum absolute atomic E-state index is 5.83. The zero-order valence-corrected chi connectivity index (χ0v) is 11.2. The van der Waals surface area contributed by atoms with Crippen LogP contribution in [0.5, 0.6) is 0 Å². The van der Waals surface area contributed by atoms with E-state index in [4.69, 9.17) is 4.42 Å². The van der Waals surface area contributed by atoms with E-state index in [1.807, 2.05) is 6.20 Å². The largest absolute Gasteiger partial charge is 0.444 e. The van der Waals surface area contributed by atoms with Crippen molar-refractivity contribution in [2.24, 2.45) is 5.92 Å². The lowest BCUT2D eigenvalue weighted by Gasteiger charge is -2.11. The van der Waals surface area contributed by atoms with E-state index < -0.39 is 0 Å². The molecule has 0 aromatic carbocycles. The molecule has 0 atom stereocenters. The second-order valence-electron chi connectivity index (χ2n) is 5.94. The third-order valence-corrected chi connectivity index (χ3v) is 4.19. The molecule has 3 heteroatoms. The highest BCUT2D eigenvalue weighted by atomic mass is 16.4. The van der Waals surface area contributed by atoms with Crippen molar-refractivity contribution in [1.82, 2.24) is 10.3 Å². The molecule has 1 aromatic rings. The van der Waals surface area contributed by atoms with E-state index in [1.54, 1.807) is 0 Å². The Kier molecular flexibility index (Phi) is 3.99. The van der Waals surface area contributed by atoms with Crippen LogP contribution in [0, 0.1) is 5.92 Å². The van der Waals surface area contributed by atoms with Gasteiger partial charge in [0.25, 0.3) is 0 Å². The number of hydrogen-bond acceptors (Lipinski definition) is 3. The summed E-state index contributed by atoms with van der Waals surface area (Å²) in [7, 11) is 0. The van der Waals surface area contributed by atoms with Gasteiger partial charge in [0.05, 0.1) is 12.7 Å². The first kappa shape index (κ1) is 12.2. The molecule has 100 valence electrons. The van der Waals surface area contributed by atoms with Crippen molar-refractivity contribution in [2.45, 2.75) is 70.4 Å². The molecule has 0 amide bonds. The van der Waals surface area contributed by atoms with Gasteiger partial charge in [-0.3, -0.25) is 0 Å². The Morgan fingerprint density at radius 2 is 1.89 bits per heavy atom. The maximum atomic E-state index is 5.83. The molecule has 1 N–H and O–H groups in total. The van der Waals surface area contributed by atoms with E-state index in [1.165, 1.54) is 51.4 Å². The third kappa shape index (κ3) is 3.58. The Hall–Kier alpha value is -0.830. The minimum atomic E-state index is 0.724. The summed E-state index contributed by atoms with van der Waals surface area (Å²) in [6.07, 6.45) is 14.0. The molecule has 2 saturated carbocycles. The van der Waals surface area contributed by atoms with Crippen molar-refractivity contribution in [3.05, 3.63) is 17.8 Å². The number of nitrogens with zero attached hydrogens (tertiary/aromatic N) is 1. The molecule has 0 aliphatic heterocycles. The highest BCUT2D eigenvalue weighted by molar-refractivity contribution is 4.96. The first-order chi connectivity index (χ1) is 8.90. The van der Waals surface area contributed by atoms with Crippen LogP contribution in [-0.4, -0.2) is 11.0 Å². The summed E-state index contributed by atoms with van der Waals surface area (Å²) in [6.45, 7) is 0.801. The normalized spacial score (nSPS) is 22.0. The fourth-order valence-electron chi connectivity index (χ4n) is 2.90. The number of rotatable bonds is 5. The second-order valence-corrected chi connectivity index (χ2v) is 5.94. The van der Waals surface area contributed by atoms with E-state index in [-0.39, 0.29) is 0 Å². The first-order valence-corrected chi connectivity index (χ1v) is 7.57. The summed E-state index contributed by atoms with van der Waals surface area (Å²) >= 11 is 0. The van der Waals surface area contributed by atoms with Crippen LogP contribution < -0.4 is 5.32 Å². The SMILES string of the molecule is c1nc(CNC2CC2)oc1CC1CCCCCC1. The quantitative estimate of drug-likeness (QED) is 0.811. The summed E-state index contributed by atoms with van der Waals surface area (Å²) < 4.78 is 5.83. The van der Waals surface area contributed by atoms with Gasteiger partial charge in [0.15, 0.2) is 0 Å². The Bertz CT molecular complexity index is 362. The van der Waals surface area contributed by atoms with Crippen LogP contribution in [0.1, 0.15) is 63.0 Å². The first-order valence-electron chi connectivity index (χ1n) is 7.57. The van der Waals surface area contributed by atoms with E-state index in [0.29, 0.717) is 0 Å². The maximum Gasteiger partial charge on any atom is 0.208 e. The molecule has 0 unspecified atom stereocenters. The van der Waals surface area contributed by atoms with Crippen LogP contribution in [0.3, 0.4) is 0 Å². The van der Waals surface area contributed by atoms with Gasteiger partial charge < -0.3 is 9.73 Å². The minimum absolute atomic E-state index is 0.724. The Morgan fingerprint density at radius 1 is 1.11 bits per heavy atom. The van der Waals surface area contributed by atoms with Gasteiger partial charge in [-0.25, -0.2) is 4.98 Å². The number of nitrogens with one attached hydrogen (secondary N) is 1. The summed E-state index contributed by atoms with van der Waals surface area (Å²) in [5.74, 6) is 2.78. The van der Waals surface area contributed by atoms with Gasteiger partial charge in [0, 0.05) is 12.5 Å². The number of oxazole rings is 1. The molecule has 0 bridgehead atoms. The fraction of sp³-hybridized carbons (Fsp3) is 0.800. The molecular weight excluding hydrogens is 224 g/mol. The summed E-state index contributed by atoms with van der Waals surface area (Å²) in [5, 5.41) is 3.44. The average molecular weight is 248 g/mol. The number of hydrogen-bond donors (Lipinski definition) is 1. The summed E-state index contributed by atoms with van der Waals surface area (Å²) in [6, 6.07) is 0.724. The van der Waals surface area contributed by atoms with Gasteiger partial charge in [-0.2, -0.15) is 0 Å². The predicted molar refractivity (Wildman–Crippen MR) is 71.3 cm³/mol. The van der Waals surface area contributed by atoms with Crippen molar-refractivity contribution in [3.8, 4) is 0 Å². The van der Waals surface area contributed by atoms with Gasteiger partial charge in [0.2, 0.25) is 5.89 Å². The van der Waals surface area contributed by atoms with E-state index >= 15 is 0 Å². The lowest BCUT2D eigenvalue weighted by molar-refractivity contribution is 0.380. The summed E-state index contributed by atoms with van der Waals surface area (Å²) in [4.78, 5) is 4.38. The molecule has 3 nitrogen and oxygen atoms in total. The molecule has 3 rings (SSSR count). The van der Waals surface area contributed by atoms with Crippen molar-refractivity contribution in [3.63, 3.8) is 0 Å². The molecule has 2 fully saturated rings. The molecular formula is C15H24N2O. The Balaban J connectivity index is 1.48. The van der Waals surface area contributed by atoms with Crippen LogP contribution in [0.2, 0.25) is 0 Å². The Labute approximate surface area is 109 Å². The second kappa shape index (κ2) is 5.87. The predicted octanol–water partition coefficient (Wildman–Crippen LogP) is 3.44. The van der Waals surface area contributed by atoms with E-state index in [0.717, 1.165) is 36.6 Å². The van der Waals surface area contributed by atoms with Crippen molar-refractivity contribution in [2.75, 3.05) is 0 Å². The van der Waals surface area contributed by atoms with E-state index in [9.17, 15) is 0 Å². The van der Waals surface area contributed by atoms with Gasteiger partial charge in [-0.15, -0.1) is 0 Å². The van der Waals surface area contributed by atoms with Gasteiger partial charge >= 0.3 is 0 Å². The topological polar surface area (TPSA) is 38.1 Å². The molecule has 1 heterocycles. The monoisotopic (exact) mass is 248 g/mol. The molecule has 1 aromatic heterocycles. The van der Waals surface area contributed by atoms with Crippen molar-refractivity contribution in [1.29, 1.82) is 0 Å². The van der Waals surface area contributed by atoms with Crippen molar-refractivity contribution < 1.29 is 4.42 Å². The molecule has 0 spiro atoms. The lowest BCUT2D eigenvalue weighted by Crippen LogP contribution is -2.15. The van der Waals surface area contributed by atoms with Crippen LogP contribution >= 0.6 is 0 Å². The van der Waals surface area contributed by atoms with Gasteiger partial charge in [-0.05, 0) is 18.8 Å². The molecule has 0 radical (unpaired) electrons. The van der Waals surface area contributed by atoms with Crippen LogP contribution in [0.15, 0.2) is 10.6 Å². The van der Waals surface area contributed by atoms with Crippen LogP contribution in [0.4, 0.5) is 0 Å². The molecule has 2 aliphatic rings. The highest BCUT2D eigenvalue weighted by Crippen LogP contribution is 2.26.